The Morgan fingerprint density at radius 2 is 1.81 bits per heavy atom. The first-order valence-electron chi connectivity index (χ1n) is 4.96. The fourth-order valence-corrected chi connectivity index (χ4v) is 1.62. The van der Waals surface area contributed by atoms with E-state index in [1.165, 1.54) is 0 Å². The van der Waals surface area contributed by atoms with Crippen LogP contribution in [0.5, 0.6) is 0 Å². The van der Waals surface area contributed by atoms with Crippen LogP contribution in [0.2, 0.25) is 0 Å². The molecule has 0 fully saturated rings. The molecule has 1 aromatic carbocycles. The van der Waals surface area contributed by atoms with Crippen molar-refractivity contribution in [3.8, 4) is 0 Å². The predicted molar refractivity (Wildman–Crippen MR) is 64.1 cm³/mol. The van der Waals surface area contributed by atoms with Crippen molar-refractivity contribution in [2.75, 3.05) is 0 Å². The van der Waals surface area contributed by atoms with E-state index in [9.17, 15) is 0 Å². The predicted octanol–water partition coefficient (Wildman–Crippen LogP) is -0.175. The average Bonchev–Trinajstić information content (AvgIpc) is 2.16. The molecule has 0 saturated carbocycles. The maximum atomic E-state index is 6.11. The molecule has 1 aliphatic heterocycles. The van der Waals surface area contributed by atoms with Gasteiger partial charge in [0.1, 0.15) is 11.7 Å². The van der Waals surface area contributed by atoms with Crippen molar-refractivity contribution in [3.05, 3.63) is 47.3 Å². The zero-order valence-electron chi connectivity index (χ0n) is 9.07. The summed E-state index contributed by atoms with van der Waals surface area (Å²) in [6.45, 7) is 2.01. The van der Waals surface area contributed by atoms with E-state index in [2.05, 4.69) is 10.3 Å². The summed E-state index contributed by atoms with van der Waals surface area (Å²) in [6, 6.07) is 7.73. The molecule has 7 N–H and O–H groups in total. The van der Waals surface area contributed by atoms with Crippen LogP contribution in [0.3, 0.4) is 0 Å². The molecule has 0 radical (unpaired) electrons. The fraction of sp³-hybridized carbons (Fsp3) is 0.182. The fourth-order valence-electron chi connectivity index (χ4n) is 1.62. The number of hydrogen-bond donors (Lipinski definition) is 4. The van der Waals surface area contributed by atoms with Gasteiger partial charge in [-0.3, -0.25) is 5.73 Å². The van der Waals surface area contributed by atoms with Crippen LogP contribution in [-0.2, 0) is 5.79 Å². The molecule has 0 amide bonds. The van der Waals surface area contributed by atoms with Crippen LogP contribution in [-0.4, -0.2) is 5.84 Å². The van der Waals surface area contributed by atoms with Crippen molar-refractivity contribution in [2.24, 2.45) is 22.2 Å². The molecule has 1 atom stereocenters. The Morgan fingerprint density at radius 3 is 2.38 bits per heavy atom. The van der Waals surface area contributed by atoms with Crippen LogP contribution < -0.4 is 22.5 Å². The summed E-state index contributed by atoms with van der Waals surface area (Å²) >= 11 is 0. The molecule has 16 heavy (non-hydrogen) atoms. The van der Waals surface area contributed by atoms with Gasteiger partial charge >= 0.3 is 0 Å². The van der Waals surface area contributed by atoms with Crippen LogP contribution >= 0.6 is 0 Å². The van der Waals surface area contributed by atoms with Gasteiger partial charge in [-0.15, -0.1) is 0 Å². The van der Waals surface area contributed by atoms with E-state index < -0.39 is 5.79 Å². The van der Waals surface area contributed by atoms with Crippen molar-refractivity contribution >= 4 is 5.84 Å². The van der Waals surface area contributed by atoms with Crippen molar-refractivity contribution in [1.82, 2.24) is 5.32 Å². The van der Waals surface area contributed by atoms with E-state index in [0.29, 0.717) is 11.7 Å². The largest absolute Gasteiger partial charge is 0.385 e. The SMILES string of the molecule is Cc1ccc(C2(N)N=C(N)C=C(N)N2)cc1. The average molecular weight is 217 g/mol. The number of amidine groups is 1. The van der Waals surface area contributed by atoms with Crippen LogP contribution in [0.15, 0.2) is 41.2 Å². The number of nitrogens with two attached hydrogens (primary N) is 3. The summed E-state index contributed by atoms with van der Waals surface area (Å²) < 4.78 is 0. The number of rotatable bonds is 1. The molecule has 5 heteroatoms. The van der Waals surface area contributed by atoms with Crippen LogP contribution in [0.4, 0.5) is 0 Å². The molecule has 0 aromatic heterocycles. The number of nitrogens with zero attached hydrogens (tertiary/aromatic N) is 1. The van der Waals surface area contributed by atoms with E-state index in [4.69, 9.17) is 17.2 Å². The monoisotopic (exact) mass is 217 g/mol. The van der Waals surface area contributed by atoms with Crippen LogP contribution in [0, 0.1) is 6.92 Å². The maximum absolute atomic E-state index is 6.11. The summed E-state index contributed by atoms with van der Waals surface area (Å²) in [5, 5.41) is 2.91. The summed E-state index contributed by atoms with van der Waals surface area (Å²) in [7, 11) is 0. The highest BCUT2D eigenvalue weighted by molar-refractivity contribution is 5.92. The Labute approximate surface area is 94.0 Å². The van der Waals surface area contributed by atoms with E-state index in [0.717, 1.165) is 11.1 Å². The van der Waals surface area contributed by atoms with Gasteiger partial charge in [-0.25, -0.2) is 4.99 Å². The molecule has 0 aliphatic carbocycles. The first kappa shape index (κ1) is 10.5. The van der Waals surface area contributed by atoms with Gasteiger partial charge in [-0.2, -0.15) is 0 Å². The number of nitrogens with one attached hydrogen (secondary N) is 1. The lowest BCUT2D eigenvalue weighted by Gasteiger charge is -2.31. The highest BCUT2D eigenvalue weighted by Gasteiger charge is 2.29. The van der Waals surface area contributed by atoms with Gasteiger partial charge in [0, 0.05) is 11.6 Å². The Bertz CT molecular complexity index is 460. The molecule has 84 valence electrons. The molecule has 0 bridgehead atoms. The lowest BCUT2D eigenvalue weighted by molar-refractivity contribution is 0.392. The molecule has 2 rings (SSSR count). The molecule has 1 aromatic rings. The highest BCUT2D eigenvalue weighted by atomic mass is 15.3. The van der Waals surface area contributed by atoms with Gasteiger partial charge in [0.15, 0.2) is 0 Å². The molecule has 5 nitrogen and oxygen atoms in total. The third kappa shape index (κ3) is 1.85. The van der Waals surface area contributed by atoms with Gasteiger partial charge in [0.2, 0.25) is 5.79 Å². The first-order valence-corrected chi connectivity index (χ1v) is 4.96. The Hall–Kier alpha value is -2.01. The van der Waals surface area contributed by atoms with E-state index >= 15 is 0 Å². The summed E-state index contributed by atoms with van der Waals surface area (Å²) in [5.41, 5.74) is 19.4. The summed E-state index contributed by atoms with van der Waals surface area (Å²) in [4.78, 5) is 4.17. The van der Waals surface area contributed by atoms with Gasteiger partial charge in [-0.05, 0) is 6.92 Å². The van der Waals surface area contributed by atoms with E-state index in [-0.39, 0.29) is 0 Å². The Balaban J connectivity index is 2.40. The number of aliphatic imine (C=N–C) groups is 1. The van der Waals surface area contributed by atoms with Crippen molar-refractivity contribution < 1.29 is 0 Å². The van der Waals surface area contributed by atoms with Gasteiger partial charge < -0.3 is 16.8 Å². The van der Waals surface area contributed by atoms with Crippen LogP contribution in [0.25, 0.3) is 0 Å². The van der Waals surface area contributed by atoms with Gasteiger partial charge in [0.25, 0.3) is 0 Å². The lowest BCUT2D eigenvalue weighted by atomic mass is 10.1. The van der Waals surface area contributed by atoms with Crippen molar-refractivity contribution in [1.29, 1.82) is 0 Å². The smallest absolute Gasteiger partial charge is 0.212 e. The zero-order valence-corrected chi connectivity index (χ0v) is 9.07. The number of hydrogen-bond acceptors (Lipinski definition) is 5. The molecular weight excluding hydrogens is 202 g/mol. The molecule has 0 saturated heterocycles. The van der Waals surface area contributed by atoms with Gasteiger partial charge in [0.05, 0.1) is 0 Å². The second-order valence-corrected chi connectivity index (χ2v) is 3.89. The summed E-state index contributed by atoms with van der Waals surface area (Å²) in [6.07, 6.45) is 1.54. The number of aryl methyl sites for hydroxylation is 1. The Kier molecular flexibility index (Phi) is 2.32. The zero-order chi connectivity index (χ0) is 11.8. The second-order valence-electron chi connectivity index (χ2n) is 3.89. The minimum atomic E-state index is -1.07. The normalized spacial score (nSPS) is 24.4. The van der Waals surface area contributed by atoms with Crippen molar-refractivity contribution in [3.63, 3.8) is 0 Å². The number of benzene rings is 1. The van der Waals surface area contributed by atoms with Gasteiger partial charge in [-0.1, -0.05) is 29.8 Å². The molecule has 0 spiro atoms. The quantitative estimate of drug-likeness (QED) is 0.524. The molecule has 1 heterocycles. The molecule has 1 unspecified atom stereocenters. The minimum absolute atomic E-state index is 0.319. The third-order valence-electron chi connectivity index (χ3n) is 2.44. The van der Waals surface area contributed by atoms with E-state index in [1.807, 2.05) is 31.2 Å². The third-order valence-corrected chi connectivity index (χ3v) is 2.44. The maximum Gasteiger partial charge on any atom is 0.212 e. The van der Waals surface area contributed by atoms with Crippen LogP contribution in [0.1, 0.15) is 11.1 Å². The standard InChI is InChI=1S/C11H15N5/c1-7-2-4-8(5-3-7)11(14)15-9(12)6-10(13)16-11/h2-6,15H,12,14H2,1H3,(H2,13,16). The topological polar surface area (TPSA) is 102 Å². The lowest BCUT2D eigenvalue weighted by Crippen LogP contribution is -2.53. The molecule has 1 aliphatic rings. The van der Waals surface area contributed by atoms with Crippen molar-refractivity contribution in [2.45, 2.75) is 12.7 Å². The summed E-state index contributed by atoms with van der Waals surface area (Å²) in [5.74, 6) is -0.341. The second kappa shape index (κ2) is 3.53. The highest BCUT2D eigenvalue weighted by Crippen LogP contribution is 2.20. The minimum Gasteiger partial charge on any atom is -0.385 e. The first-order chi connectivity index (χ1) is 7.49. The Morgan fingerprint density at radius 1 is 1.19 bits per heavy atom. The molecular formula is C11H15N5. The van der Waals surface area contributed by atoms with E-state index in [1.54, 1.807) is 6.08 Å².